The first kappa shape index (κ1) is 22.1. The first-order valence-corrected chi connectivity index (χ1v) is 9.56. The Morgan fingerprint density at radius 2 is 1.29 bits per heavy atom. The van der Waals surface area contributed by atoms with Crippen molar-refractivity contribution >= 4 is 23.2 Å². The highest BCUT2D eigenvalue weighted by molar-refractivity contribution is 6.06. The number of benzene rings is 3. The van der Waals surface area contributed by atoms with Crippen LogP contribution >= 0.6 is 0 Å². The number of carbonyl (C=O) groups is 2. The van der Waals surface area contributed by atoms with Gasteiger partial charge in [-0.25, -0.2) is 0 Å². The number of amides is 2. The summed E-state index contributed by atoms with van der Waals surface area (Å²) in [6, 6.07) is 16.8. The summed E-state index contributed by atoms with van der Waals surface area (Å²) in [6.07, 6.45) is -4.86. The molecule has 4 nitrogen and oxygen atoms in total. The van der Waals surface area contributed by atoms with E-state index in [1.807, 2.05) is 26.0 Å². The molecule has 0 spiro atoms. The average Bonchev–Trinajstić information content (AvgIpc) is 2.71. The van der Waals surface area contributed by atoms with Gasteiger partial charge in [0.1, 0.15) is 0 Å². The lowest BCUT2D eigenvalue weighted by molar-refractivity contribution is -0.137. The summed E-state index contributed by atoms with van der Waals surface area (Å²) < 4.78 is 39.6. The van der Waals surface area contributed by atoms with Crippen LogP contribution in [0.5, 0.6) is 0 Å². The monoisotopic (exact) mass is 426 g/mol. The lowest BCUT2D eigenvalue weighted by atomic mass is 9.99. The third-order valence-corrected chi connectivity index (χ3v) is 4.68. The van der Waals surface area contributed by atoms with Crippen molar-refractivity contribution in [3.63, 3.8) is 0 Å². The molecule has 0 heterocycles. The molecule has 0 bridgehead atoms. The Balaban J connectivity index is 1.86. The van der Waals surface area contributed by atoms with Crippen LogP contribution in [0.1, 0.15) is 32.6 Å². The van der Waals surface area contributed by atoms with Crippen molar-refractivity contribution in [2.75, 3.05) is 10.6 Å². The minimum absolute atomic E-state index is 0.197. The van der Waals surface area contributed by atoms with Gasteiger partial charge in [0, 0.05) is 16.9 Å². The van der Waals surface area contributed by atoms with E-state index in [9.17, 15) is 22.8 Å². The van der Waals surface area contributed by atoms with Gasteiger partial charge in [-0.3, -0.25) is 9.59 Å². The molecule has 0 saturated heterocycles. The van der Waals surface area contributed by atoms with E-state index in [0.29, 0.717) is 11.4 Å². The topological polar surface area (TPSA) is 58.2 Å². The molecule has 3 aromatic carbocycles. The molecule has 3 aromatic rings. The van der Waals surface area contributed by atoms with Gasteiger partial charge in [0.05, 0.1) is 12.0 Å². The Morgan fingerprint density at radius 1 is 0.774 bits per heavy atom. The van der Waals surface area contributed by atoms with E-state index in [0.717, 1.165) is 23.3 Å². The Hall–Kier alpha value is -3.61. The number of nitrogens with one attached hydrogen (secondary N) is 2. The van der Waals surface area contributed by atoms with Crippen molar-refractivity contribution in [3.8, 4) is 0 Å². The summed E-state index contributed by atoms with van der Waals surface area (Å²) in [5, 5.41) is 5.29. The van der Waals surface area contributed by atoms with E-state index in [1.54, 1.807) is 36.4 Å². The molecule has 160 valence electrons. The highest BCUT2D eigenvalue weighted by Crippen LogP contribution is 2.31. The molecular weight excluding hydrogens is 405 g/mol. The number of hydrogen-bond donors (Lipinski definition) is 2. The summed E-state index contributed by atoms with van der Waals surface area (Å²) in [4.78, 5) is 25.2. The molecule has 0 aromatic heterocycles. The first-order valence-electron chi connectivity index (χ1n) is 9.56. The van der Waals surface area contributed by atoms with E-state index in [2.05, 4.69) is 10.6 Å². The van der Waals surface area contributed by atoms with Crippen molar-refractivity contribution < 1.29 is 22.8 Å². The fourth-order valence-corrected chi connectivity index (χ4v) is 2.97. The standard InChI is InChI=1S/C24H21F3N2O2/c1-15-3-9-19(10-4-15)28-22(30)13-17-7-8-18(24(25,26)27)14-21(17)23(31)29-20-11-5-16(2)6-12-20/h3-12,14H,13H2,1-2H3,(H,28,30)(H,29,31). The van der Waals surface area contributed by atoms with Gasteiger partial charge in [0.2, 0.25) is 5.91 Å². The van der Waals surface area contributed by atoms with Crippen molar-refractivity contribution in [1.82, 2.24) is 0 Å². The van der Waals surface area contributed by atoms with E-state index < -0.39 is 23.6 Å². The van der Waals surface area contributed by atoms with Crippen LogP contribution in [0.3, 0.4) is 0 Å². The molecule has 2 amide bonds. The number of anilines is 2. The average molecular weight is 426 g/mol. The van der Waals surface area contributed by atoms with Crippen LogP contribution in [-0.4, -0.2) is 11.8 Å². The lowest BCUT2D eigenvalue weighted by Crippen LogP contribution is -2.20. The van der Waals surface area contributed by atoms with Gasteiger partial charge in [0.25, 0.3) is 5.91 Å². The number of alkyl halides is 3. The van der Waals surface area contributed by atoms with E-state index >= 15 is 0 Å². The predicted octanol–water partition coefficient (Wildman–Crippen LogP) is 5.76. The van der Waals surface area contributed by atoms with Crippen LogP contribution in [0.2, 0.25) is 0 Å². The minimum atomic E-state index is -4.61. The zero-order chi connectivity index (χ0) is 22.6. The molecule has 0 saturated carbocycles. The molecule has 0 aliphatic carbocycles. The zero-order valence-corrected chi connectivity index (χ0v) is 17.0. The summed E-state index contributed by atoms with van der Waals surface area (Å²) >= 11 is 0. The number of hydrogen-bond acceptors (Lipinski definition) is 2. The van der Waals surface area contributed by atoms with Crippen molar-refractivity contribution in [1.29, 1.82) is 0 Å². The molecule has 0 aliphatic rings. The largest absolute Gasteiger partial charge is 0.416 e. The van der Waals surface area contributed by atoms with E-state index in [4.69, 9.17) is 0 Å². The Kier molecular flexibility index (Phi) is 6.44. The van der Waals surface area contributed by atoms with Crippen LogP contribution in [0.4, 0.5) is 24.5 Å². The second-order valence-electron chi connectivity index (χ2n) is 7.28. The second-order valence-corrected chi connectivity index (χ2v) is 7.28. The van der Waals surface area contributed by atoms with Crippen LogP contribution in [0.25, 0.3) is 0 Å². The van der Waals surface area contributed by atoms with Crippen molar-refractivity contribution in [2.24, 2.45) is 0 Å². The summed E-state index contributed by atoms with van der Waals surface area (Å²) in [5.74, 6) is -1.15. The molecule has 0 atom stereocenters. The van der Waals surface area contributed by atoms with Gasteiger partial charge in [0.15, 0.2) is 0 Å². The smallest absolute Gasteiger partial charge is 0.326 e. The summed E-state index contributed by atoms with van der Waals surface area (Å²) in [7, 11) is 0. The predicted molar refractivity (Wildman–Crippen MR) is 114 cm³/mol. The maximum absolute atomic E-state index is 13.2. The molecule has 0 radical (unpaired) electrons. The molecule has 3 rings (SSSR count). The van der Waals surface area contributed by atoms with Crippen molar-refractivity contribution in [3.05, 3.63) is 94.5 Å². The maximum atomic E-state index is 13.2. The highest BCUT2D eigenvalue weighted by Gasteiger charge is 2.32. The summed E-state index contributed by atoms with van der Waals surface area (Å²) in [6.45, 7) is 3.79. The van der Waals surface area contributed by atoms with Crippen LogP contribution in [0, 0.1) is 13.8 Å². The molecular formula is C24H21F3N2O2. The van der Waals surface area contributed by atoms with Gasteiger partial charge in [-0.15, -0.1) is 0 Å². The fraction of sp³-hybridized carbons (Fsp3) is 0.167. The SMILES string of the molecule is Cc1ccc(NC(=O)Cc2ccc(C(F)(F)F)cc2C(=O)Nc2ccc(C)cc2)cc1. The van der Waals surface area contributed by atoms with E-state index in [-0.39, 0.29) is 17.5 Å². The maximum Gasteiger partial charge on any atom is 0.416 e. The Morgan fingerprint density at radius 3 is 1.81 bits per heavy atom. The quantitative estimate of drug-likeness (QED) is 0.545. The minimum Gasteiger partial charge on any atom is -0.326 e. The zero-order valence-electron chi connectivity index (χ0n) is 17.0. The van der Waals surface area contributed by atoms with Gasteiger partial charge in [-0.2, -0.15) is 13.2 Å². The summed E-state index contributed by atoms with van der Waals surface area (Å²) in [5.41, 5.74) is 2.05. The molecule has 0 unspecified atom stereocenters. The van der Waals surface area contributed by atoms with Gasteiger partial charge in [-0.1, -0.05) is 41.5 Å². The highest BCUT2D eigenvalue weighted by atomic mass is 19.4. The number of halogens is 3. The van der Waals surface area contributed by atoms with Crippen LogP contribution < -0.4 is 10.6 Å². The molecule has 2 N–H and O–H groups in total. The van der Waals surface area contributed by atoms with Crippen LogP contribution in [-0.2, 0) is 17.4 Å². The number of rotatable bonds is 5. The Bertz CT molecular complexity index is 1090. The third kappa shape index (κ3) is 5.94. The molecule has 31 heavy (non-hydrogen) atoms. The Labute approximate surface area is 178 Å². The first-order chi connectivity index (χ1) is 14.6. The third-order valence-electron chi connectivity index (χ3n) is 4.68. The van der Waals surface area contributed by atoms with Gasteiger partial charge < -0.3 is 10.6 Å². The van der Waals surface area contributed by atoms with Crippen molar-refractivity contribution in [2.45, 2.75) is 26.4 Å². The molecule has 0 aliphatic heterocycles. The van der Waals surface area contributed by atoms with Crippen LogP contribution in [0.15, 0.2) is 66.7 Å². The van der Waals surface area contributed by atoms with E-state index in [1.165, 1.54) is 6.07 Å². The fourth-order valence-electron chi connectivity index (χ4n) is 2.97. The normalized spacial score (nSPS) is 11.1. The number of aryl methyl sites for hydroxylation is 2. The molecule has 0 fully saturated rings. The molecule has 7 heteroatoms. The van der Waals surface area contributed by atoms with Gasteiger partial charge in [-0.05, 0) is 55.8 Å². The number of carbonyl (C=O) groups excluding carboxylic acids is 2. The van der Waals surface area contributed by atoms with Gasteiger partial charge >= 0.3 is 6.18 Å². The lowest BCUT2D eigenvalue weighted by Gasteiger charge is -2.14. The second kappa shape index (κ2) is 9.04.